The molecule has 0 amide bonds. The van der Waals surface area contributed by atoms with E-state index in [2.05, 4.69) is 83.7 Å². The van der Waals surface area contributed by atoms with Crippen molar-refractivity contribution in [2.75, 3.05) is 59.1 Å². The Kier molecular flexibility index (Phi) is 32.5. The number of halogens is 14. The fourth-order valence-electron chi connectivity index (χ4n) is 14.7. The maximum atomic E-state index is 14.7. The van der Waals surface area contributed by atoms with Crippen LogP contribution in [-0.2, 0) is 47.8 Å². The van der Waals surface area contributed by atoms with Crippen molar-refractivity contribution in [2.45, 2.75) is 165 Å². The number of ketones is 1. The second kappa shape index (κ2) is 41.6. The average Bonchev–Trinajstić information content (AvgIpc) is 1.75. The first kappa shape index (κ1) is 94.5. The molecule has 9 heterocycles. The summed E-state index contributed by atoms with van der Waals surface area (Å²) in [5, 5.41) is 42.7. The summed E-state index contributed by atoms with van der Waals surface area (Å²) >= 11 is 13.9. The fourth-order valence-corrected chi connectivity index (χ4v) is 18.1. The number of nitrogens with zero attached hydrogens (tertiary/aromatic N) is 9. The summed E-state index contributed by atoms with van der Waals surface area (Å²) in [4.78, 5) is 116. The monoisotopic (exact) mass is 1950 g/mol. The number of aromatic nitrogens is 3. The number of thiazole rings is 3. The van der Waals surface area contributed by atoms with Gasteiger partial charge in [0.15, 0.2) is 32.5 Å². The van der Waals surface area contributed by atoms with Gasteiger partial charge in [-0.25, -0.2) is 77.6 Å². The molecule has 3 saturated heterocycles. The van der Waals surface area contributed by atoms with Gasteiger partial charge in [0.25, 0.3) is 23.7 Å². The lowest BCUT2D eigenvalue weighted by Gasteiger charge is -2.31. The maximum absolute atomic E-state index is 14.7. The lowest BCUT2D eigenvalue weighted by Crippen LogP contribution is -2.42. The minimum absolute atomic E-state index is 0.000950. The molecule has 121 heavy (non-hydrogen) atoms. The van der Waals surface area contributed by atoms with Crippen molar-refractivity contribution >= 4 is 141 Å². The second-order valence-corrected chi connectivity index (χ2v) is 34.2. The van der Waals surface area contributed by atoms with Crippen LogP contribution in [0.2, 0.25) is 0 Å². The molecule has 42 heteroatoms. The number of carbonyl (C=O) groups excluding carboxylic acids is 4. The van der Waals surface area contributed by atoms with E-state index in [1.807, 2.05) is 0 Å². The van der Waals surface area contributed by atoms with Gasteiger partial charge in [-0.05, 0) is 99.5 Å². The number of hydrogen-bond donors (Lipinski definition) is 6. The summed E-state index contributed by atoms with van der Waals surface area (Å²) < 4.78 is 175. The van der Waals surface area contributed by atoms with Gasteiger partial charge in [0, 0.05) is 135 Å². The zero-order chi connectivity index (χ0) is 88.0. The molecule has 7 atom stereocenters. The van der Waals surface area contributed by atoms with Crippen LogP contribution in [0.4, 0.5) is 48.3 Å². The first-order valence-electron chi connectivity index (χ1n) is 38.0. The number of alkyl halides is 8. The number of benzene rings is 3. The molecular weight excluding hydrogens is 1870 g/mol. The van der Waals surface area contributed by atoms with Gasteiger partial charge in [-0.3, -0.25) is 48.9 Å². The molecule has 6 aliphatic rings. The number of hydrogen-bond acceptors (Lipinski definition) is 25. The molecule has 0 aliphatic carbocycles. The third-order valence-electron chi connectivity index (χ3n) is 20.0. The van der Waals surface area contributed by atoms with Gasteiger partial charge in [0.1, 0.15) is 54.2 Å². The first-order valence-corrected chi connectivity index (χ1v) is 43.0. The highest BCUT2D eigenvalue weighted by molar-refractivity contribution is 9.11. The van der Waals surface area contributed by atoms with Crippen molar-refractivity contribution in [3.63, 3.8) is 0 Å². The Bertz CT molecular complexity index is 4970. The summed E-state index contributed by atoms with van der Waals surface area (Å²) in [6.07, 6.45) is 0.842. The molecular formula is C79H82Br3F11N12O13S3. The Hall–Kier alpha value is -8.78. The van der Waals surface area contributed by atoms with Crippen molar-refractivity contribution in [2.24, 2.45) is 20.9 Å². The number of ether oxygens (including phenoxy) is 3. The largest absolute Gasteiger partial charge is 0.481 e. The van der Waals surface area contributed by atoms with Gasteiger partial charge >= 0.3 is 35.8 Å². The van der Waals surface area contributed by atoms with Gasteiger partial charge in [-0.15, -0.1) is 34.0 Å². The number of amidine groups is 3. The molecule has 12 rings (SSSR count). The molecule has 0 spiro atoms. The van der Waals surface area contributed by atoms with Gasteiger partial charge in [0.2, 0.25) is 0 Å². The van der Waals surface area contributed by atoms with Crippen LogP contribution in [0.5, 0.6) is 0 Å². The molecule has 3 aromatic carbocycles. The number of nitrogens with one attached hydrogen (secondary N) is 3. The van der Waals surface area contributed by atoms with E-state index < -0.39 is 183 Å². The third-order valence-corrected chi connectivity index (χ3v) is 24.4. The number of aliphatic imine (C=N–C) groups is 3. The summed E-state index contributed by atoms with van der Waals surface area (Å²) in [5.74, 6) is -20.5. The van der Waals surface area contributed by atoms with Crippen LogP contribution in [0.1, 0.15) is 155 Å². The molecule has 6 aliphatic heterocycles. The van der Waals surface area contributed by atoms with Crippen molar-refractivity contribution < 1.29 is 111 Å². The average molecular weight is 1950 g/mol. The normalized spacial score (nSPS) is 21.1. The molecule has 0 radical (unpaired) electrons. The number of Topliss-reactive ketones (excluding diaryl/α,β-unsaturated/α-hetero) is 1. The fraction of sp³-hybridized carbons (Fsp3) is 0.456. The Morgan fingerprint density at radius 3 is 1.17 bits per heavy atom. The van der Waals surface area contributed by atoms with Crippen molar-refractivity contribution in [3.05, 3.63) is 186 Å². The van der Waals surface area contributed by atoms with E-state index in [0.717, 1.165) is 0 Å². The number of rotatable bonds is 33. The van der Waals surface area contributed by atoms with Crippen LogP contribution >= 0.6 is 81.8 Å². The van der Waals surface area contributed by atoms with Crippen molar-refractivity contribution in [1.82, 2.24) is 45.6 Å². The van der Waals surface area contributed by atoms with Gasteiger partial charge < -0.3 is 45.5 Å². The number of esters is 3. The van der Waals surface area contributed by atoms with Crippen LogP contribution in [0.25, 0.3) is 0 Å². The Balaban J connectivity index is 0.000000190. The SMILES string of the molecule is CCOC(=O)C1=C(CN2CC(F)(F)C[C@H]2CCC(=O)CC(=O)O)NC(c2nccs2)=N[C@H]1c1ccc(F)cc1Br.CCOC(=O)C1=C(CN2CC(F)(F)C[C@H]2CCC(F)(F)CC(=O)O)NC(c2nccs2)=N[C@H]1c1ccc(F)cc1Br.CCOC(=O)C1=C(CN2CC(F)(F)C[C@H]2CCCC(C)C(=O)O)NC(c2nccs2)=N[C@H]1c1ccc(F)cc1Br. The quantitative estimate of drug-likeness (QED) is 0.00965. The zero-order valence-electron chi connectivity index (χ0n) is 65.0. The molecule has 0 saturated carbocycles. The summed E-state index contributed by atoms with van der Waals surface area (Å²) in [5.41, 5.74) is 2.34. The molecule has 1 unspecified atom stereocenters. The summed E-state index contributed by atoms with van der Waals surface area (Å²) in [6.45, 7) is 4.27. The van der Waals surface area contributed by atoms with E-state index >= 15 is 0 Å². The van der Waals surface area contributed by atoms with Crippen LogP contribution in [0, 0.1) is 23.4 Å². The molecule has 25 nitrogen and oxygen atoms in total. The smallest absolute Gasteiger partial charge is 0.338 e. The minimum atomic E-state index is -3.57. The van der Waals surface area contributed by atoms with Gasteiger partial charge in [-0.1, -0.05) is 79.3 Å². The Morgan fingerprint density at radius 1 is 0.529 bits per heavy atom. The van der Waals surface area contributed by atoms with Crippen LogP contribution in [-0.4, -0.2) is 205 Å². The third kappa shape index (κ3) is 25.5. The van der Waals surface area contributed by atoms with E-state index in [4.69, 9.17) is 34.4 Å². The Morgan fingerprint density at radius 2 is 0.868 bits per heavy atom. The molecule has 0 bridgehead atoms. The summed E-state index contributed by atoms with van der Waals surface area (Å²) in [6, 6.07) is 6.62. The Labute approximate surface area is 723 Å². The highest BCUT2D eigenvalue weighted by atomic mass is 79.9. The van der Waals surface area contributed by atoms with Crippen molar-refractivity contribution in [1.29, 1.82) is 0 Å². The van der Waals surface area contributed by atoms with Crippen LogP contribution in [0.3, 0.4) is 0 Å². The zero-order valence-corrected chi connectivity index (χ0v) is 72.2. The molecule has 6 aromatic rings. The standard InChI is InChI=1S/C27H30BrF3N4O4S.C26H26BrF5N4O4S.C26H26BrF3N4O5S/c1-3-39-26(38)21-20(13-35-14-27(30,31)12-17(35)6-4-5-15(2)25(36)37)33-23(24-32-9-10-40-24)34-22(21)18-8-7-16(29)11-19(18)28;1-2-40-24(39)20-18(12-36-13-26(31,32)10-15(36)5-6-25(29,30)11-19(37)38)34-22(23-33-7-8-41-23)35-21(20)16-4-3-14(28)9-17(16)27;1-2-39-25(38)21-19(12-34-13-26(29,30)11-15(34)4-5-16(35)10-20(36)37)32-23(24-31-7-8-40-24)33-22(21)17-6-3-14(28)9-18(17)27/h7-11,15,17,22H,3-6,12-14H2,1-2H3,(H,33,34)(H,36,37);3-4,7-9,15,21H,2,5-6,10-13H2,1H3,(H,34,35)(H,37,38);3,6-9,15,22H,2,4-5,10-13H2,1H3,(H,32,33)(H,36,37)/t15?,17-,22+;15-,21+;15-,22+/m111/s1. The molecule has 3 fully saturated rings. The second-order valence-electron chi connectivity index (χ2n) is 29.0. The number of carboxylic acids is 3. The highest BCUT2D eigenvalue weighted by Gasteiger charge is 2.50. The number of carbonyl (C=O) groups is 7. The van der Waals surface area contributed by atoms with E-state index in [1.165, 1.54) is 105 Å². The maximum Gasteiger partial charge on any atom is 0.338 e. The predicted molar refractivity (Wildman–Crippen MR) is 435 cm³/mol. The summed E-state index contributed by atoms with van der Waals surface area (Å²) in [7, 11) is 0. The molecule has 3 aromatic heterocycles. The number of likely N-dealkylation sites (tertiary alicyclic amines) is 3. The van der Waals surface area contributed by atoms with E-state index in [1.54, 1.807) is 61.1 Å². The predicted octanol–water partition coefficient (Wildman–Crippen LogP) is 15.6. The van der Waals surface area contributed by atoms with E-state index in [-0.39, 0.29) is 92.7 Å². The minimum Gasteiger partial charge on any atom is -0.481 e. The van der Waals surface area contributed by atoms with E-state index in [0.29, 0.717) is 81.8 Å². The van der Waals surface area contributed by atoms with Gasteiger partial charge in [0.05, 0.1) is 62.1 Å². The van der Waals surface area contributed by atoms with Gasteiger partial charge in [-0.2, -0.15) is 0 Å². The first-order chi connectivity index (χ1) is 57.2. The molecule has 652 valence electrons. The van der Waals surface area contributed by atoms with Crippen LogP contribution in [0.15, 0.2) is 152 Å². The lowest BCUT2D eigenvalue weighted by atomic mass is 9.95. The number of aliphatic carboxylic acids is 3. The highest BCUT2D eigenvalue weighted by Crippen LogP contribution is 2.45. The van der Waals surface area contributed by atoms with E-state index in [9.17, 15) is 87.0 Å². The molecule has 6 N–H and O–H groups in total. The lowest BCUT2D eigenvalue weighted by molar-refractivity contribution is -0.146. The topological polar surface area (TPSA) is 329 Å². The number of carboxylic acid groups (broad SMARTS) is 3. The van der Waals surface area contributed by atoms with Crippen molar-refractivity contribution in [3.8, 4) is 0 Å². The van der Waals surface area contributed by atoms with Crippen LogP contribution < -0.4 is 16.0 Å².